The van der Waals surface area contributed by atoms with Gasteiger partial charge in [-0.15, -0.1) is 12.4 Å². The number of ether oxygens (including phenoxy) is 1. The molecule has 0 aliphatic heterocycles. The van der Waals surface area contributed by atoms with Crippen molar-refractivity contribution in [1.82, 2.24) is 5.32 Å². The van der Waals surface area contributed by atoms with Crippen molar-refractivity contribution < 1.29 is 14.5 Å². The first-order chi connectivity index (χ1) is 10.4. The van der Waals surface area contributed by atoms with Crippen LogP contribution in [0.5, 0.6) is 5.75 Å². The van der Waals surface area contributed by atoms with Crippen molar-refractivity contribution >= 4 is 24.0 Å². The Kier molecular flexibility index (Phi) is 9.21. The summed E-state index contributed by atoms with van der Waals surface area (Å²) >= 11 is 0. The van der Waals surface area contributed by atoms with Crippen LogP contribution in [0.3, 0.4) is 0 Å². The SMILES string of the molecule is CCC(N)(CC)CNC(=O)CCOc1ccccc1[N+](=O)[O-].Cl. The third-order valence-corrected chi connectivity index (χ3v) is 3.69. The number of rotatable bonds is 9. The molecule has 1 amide bonds. The molecule has 0 spiro atoms. The van der Waals surface area contributed by atoms with Gasteiger partial charge in [0.25, 0.3) is 0 Å². The van der Waals surface area contributed by atoms with Gasteiger partial charge in [0.1, 0.15) is 0 Å². The number of carbonyl (C=O) groups is 1. The fourth-order valence-electron chi connectivity index (χ4n) is 1.85. The molecule has 7 nitrogen and oxygen atoms in total. The number of nitrogens with zero attached hydrogens (tertiary/aromatic N) is 1. The zero-order valence-electron chi connectivity index (χ0n) is 13.4. The lowest BCUT2D eigenvalue weighted by Crippen LogP contribution is -2.49. The number of nitrogens with two attached hydrogens (primary N) is 1. The van der Waals surface area contributed by atoms with Crippen LogP contribution in [0.4, 0.5) is 5.69 Å². The van der Waals surface area contributed by atoms with Crippen molar-refractivity contribution in [2.75, 3.05) is 13.2 Å². The number of hydrogen-bond acceptors (Lipinski definition) is 5. The quantitative estimate of drug-likeness (QED) is 0.528. The highest BCUT2D eigenvalue weighted by atomic mass is 35.5. The van der Waals surface area contributed by atoms with Gasteiger partial charge in [-0.2, -0.15) is 0 Å². The molecule has 8 heteroatoms. The van der Waals surface area contributed by atoms with E-state index < -0.39 is 10.5 Å². The summed E-state index contributed by atoms with van der Waals surface area (Å²) in [6.45, 7) is 4.44. The summed E-state index contributed by atoms with van der Waals surface area (Å²) in [7, 11) is 0. The highest BCUT2D eigenvalue weighted by molar-refractivity contribution is 5.85. The van der Waals surface area contributed by atoms with Crippen molar-refractivity contribution in [1.29, 1.82) is 0 Å². The summed E-state index contributed by atoms with van der Waals surface area (Å²) in [6, 6.07) is 6.08. The molecule has 0 fully saturated rings. The predicted molar refractivity (Wildman–Crippen MR) is 91.0 cm³/mol. The molecule has 0 atom stereocenters. The van der Waals surface area contributed by atoms with Gasteiger partial charge in [-0.3, -0.25) is 14.9 Å². The van der Waals surface area contributed by atoms with Gasteiger partial charge in [-0.1, -0.05) is 26.0 Å². The van der Waals surface area contributed by atoms with Crippen LogP contribution in [-0.4, -0.2) is 29.5 Å². The van der Waals surface area contributed by atoms with Crippen LogP contribution < -0.4 is 15.8 Å². The number of halogens is 1. The van der Waals surface area contributed by atoms with Crippen molar-refractivity contribution in [3.8, 4) is 5.75 Å². The van der Waals surface area contributed by atoms with Crippen LogP contribution in [0.15, 0.2) is 24.3 Å². The highest BCUT2D eigenvalue weighted by Gasteiger charge is 2.21. The maximum absolute atomic E-state index is 11.8. The normalized spacial score (nSPS) is 10.6. The number of benzene rings is 1. The summed E-state index contributed by atoms with van der Waals surface area (Å²) < 4.78 is 5.32. The topological polar surface area (TPSA) is 107 Å². The van der Waals surface area contributed by atoms with Gasteiger partial charge in [-0.25, -0.2) is 0 Å². The number of nitro groups is 1. The molecule has 0 aromatic heterocycles. The number of carbonyl (C=O) groups excluding carboxylic acids is 1. The number of nitro benzene ring substituents is 1. The second kappa shape index (κ2) is 10.0. The Morgan fingerprint density at radius 2 is 1.96 bits per heavy atom. The Balaban J connectivity index is 0.00000484. The Labute approximate surface area is 142 Å². The van der Waals surface area contributed by atoms with E-state index in [0.717, 1.165) is 12.8 Å². The van der Waals surface area contributed by atoms with E-state index >= 15 is 0 Å². The standard InChI is InChI=1S/C15H23N3O4.ClH/c1-3-15(16,4-2)11-17-14(19)9-10-22-13-8-6-5-7-12(13)18(20)21;/h5-8H,3-4,9-11,16H2,1-2H3,(H,17,19);1H. The number of hydrogen-bond donors (Lipinski definition) is 2. The Bertz CT molecular complexity index is 521. The van der Waals surface area contributed by atoms with Gasteiger partial charge in [0.2, 0.25) is 5.91 Å². The minimum atomic E-state index is -0.513. The average molecular weight is 346 g/mol. The molecule has 0 saturated carbocycles. The first kappa shape index (κ1) is 21.1. The van der Waals surface area contributed by atoms with Gasteiger partial charge in [0.15, 0.2) is 5.75 Å². The first-order valence-corrected chi connectivity index (χ1v) is 7.33. The lowest BCUT2D eigenvalue weighted by molar-refractivity contribution is -0.385. The summed E-state index contributed by atoms with van der Waals surface area (Å²) in [5.41, 5.74) is 5.59. The van der Waals surface area contributed by atoms with Crippen LogP contribution in [0.2, 0.25) is 0 Å². The van der Waals surface area contributed by atoms with Crippen LogP contribution in [-0.2, 0) is 4.79 Å². The molecule has 0 bridgehead atoms. The minimum Gasteiger partial charge on any atom is -0.486 e. The molecule has 0 aliphatic rings. The Morgan fingerprint density at radius 3 is 2.52 bits per heavy atom. The van der Waals surface area contributed by atoms with E-state index in [9.17, 15) is 14.9 Å². The van der Waals surface area contributed by atoms with Crippen molar-refractivity contribution in [3.63, 3.8) is 0 Å². The zero-order chi connectivity index (χ0) is 16.6. The number of amides is 1. The second-order valence-electron chi connectivity index (χ2n) is 5.17. The van der Waals surface area contributed by atoms with Crippen LogP contribution in [0, 0.1) is 10.1 Å². The maximum atomic E-state index is 11.8. The van der Waals surface area contributed by atoms with Crippen molar-refractivity contribution in [2.45, 2.75) is 38.6 Å². The third-order valence-electron chi connectivity index (χ3n) is 3.69. The zero-order valence-corrected chi connectivity index (χ0v) is 14.2. The highest BCUT2D eigenvalue weighted by Crippen LogP contribution is 2.25. The molecule has 0 saturated heterocycles. The molecule has 0 aliphatic carbocycles. The van der Waals surface area contributed by atoms with Gasteiger partial charge in [0.05, 0.1) is 18.0 Å². The van der Waals surface area contributed by atoms with E-state index in [1.807, 2.05) is 13.8 Å². The number of para-hydroxylation sites is 2. The van der Waals surface area contributed by atoms with E-state index in [0.29, 0.717) is 6.54 Å². The van der Waals surface area contributed by atoms with E-state index in [-0.39, 0.29) is 42.8 Å². The summed E-state index contributed by atoms with van der Waals surface area (Å²) in [6.07, 6.45) is 1.67. The molecule has 1 aromatic rings. The molecule has 1 aromatic carbocycles. The largest absolute Gasteiger partial charge is 0.486 e. The monoisotopic (exact) mass is 345 g/mol. The Hall–Kier alpha value is -1.86. The van der Waals surface area contributed by atoms with Gasteiger partial charge < -0.3 is 15.8 Å². The van der Waals surface area contributed by atoms with Gasteiger partial charge in [-0.05, 0) is 18.9 Å². The maximum Gasteiger partial charge on any atom is 0.310 e. The molecule has 0 radical (unpaired) electrons. The summed E-state index contributed by atoms with van der Waals surface area (Å²) in [4.78, 5) is 22.1. The molecule has 130 valence electrons. The second-order valence-corrected chi connectivity index (χ2v) is 5.17. The molecule has 0 unspecified atom stereocenters. The van der Waals surface area contributed by atoms with Crippen molar-refractivity contribution in [3.05, 3.63) is 34.4 Å². The first-order valence-electron chi connectivity index (χ1n) is 7.33. The van der Waals surface area contributed by atoms with Crippen LogP contribution >= 0.6 is 12.4 Å². The predicted octanol–water partition coefficient (Wildman–Crippen LogP) is 2.42. The molecular formula is C15H24ClN3O4. The number of nitrogens with one attached hydrogen (secondary N) is 1. The van der Waals surface area contributed by atoms with E-state index in [1.54, 1.807) is 12.1 Å². The van der Waals surface area contributed by atoms with E-state index in [1.165, 1.54) is 12.1 Å². The molecular weight excluding hydrogens is 322 g/mol. The third kappa shape index (κ3) is 6.83. The van der Waals surface area contributed by atoms with Crippen LogP contribution in [0.25, 0.3) is 0 Å². The van der Waals surface area contributed by atoms with Crippen LogP contribution in [0.1, 0.15) is 33.1 Å². The lowest BCUT2D eigenvalue weighted by atomic mass is 9.94. The van der Waals surface area contributed by atoms with E-state index in [4.69, 9.17) is 10.5 Å². The van der Waals surface area contributed by atoms with Gasteiger partial charge >= 0.3 is 5.69 Å². The minimum absolute atomic E-state index is 0. The average Bonchev–Trinajstić information content (AvgIpc) is 2.53. The summed E-state index contributed by atoms with van der Waals surface area (Å²) in [5.74, 6) is -0.0223. The van der Waals surface area contributed by atoms with Crippen molar-refractivity contribution in [2.24, 2.45) is 5.73 Å². The molecule has 23 heavy (non-hydrogen) atoms. The smallest absolute Gasteiger partial charge is 0.310 e. The van der Waals surface area contributed by atoms with Gasteiger partial charge in [0, 0.05) is 18.2 Å². The molecule has 0 heterocycles. The van der Waals surface area contributed by atoms with E-state index in [2.05, 4.69) is 5.32 Å². The fraction of sp³-hybridized carbons (Fsp3) is 0.533. The fourth-order valence-corrected chi connectivity index (χ4v) is 1.85. The summed E-state index contributed by atoms with van der Waals surface area (Å²) in [5, 5.41) is 13.6. The lowest BCUT2D eigenvalue weighted by Gasteiger charge is -2.26. The molecule has 1 rings (SSSR count). The molecule has 3 N–H and O–H groups in total. The Morgan fingerprint density at radius 1 is 1.35 bits per heavy atom.